The lowest BCUT2D eigenvalue weighted by Gasteiger charge is -2.30. The van der Waals surface area contributed by atoms with Gasteiger partial charge in [-0.15, -0.1) is 0 Å². The van der Waals surface area contributed by atoms with Crippen LogP contribution < -0.4 is 9.62 Å². The molecule has 0 aliphatic carbocycles. The molecule has 0 aliphatic heterocycles. The number of sulfonamides is 1. The zero-order valence-corrected chi connectivity index (χ0v) is 17.4. The maximum absolute atomic E-state index is 12.9. The van der Waals surface area contributed by atoms with E-state index in [-0.39, 0.29) is 5.91 Å². The molecule has 27 heavy (non-hydrogen) atoms. The second-order valence-corrected chi connectivity index (χ2v) is 8.83. The minimum Gasteiger partial charge on any atom is -0.350 e. The molecule has 6 heteroatoms. The predicted molar refractivity (Wildman–Crippen MR) is 110 cm³/mol. The fourth-order valence-electron chi connectivity index (χ4n) is 3.25. The first-order valence-corrected chi connectivity index (χ1v) is 10.9. The van der Waals surface area contributed by atoms with Crippen molar-refractivity contribution in [3.63, 3.8) is 0 Å². The number of carbonyl (C=O) groups excluding carboxylic acids is 1. The Morgan fingerprint density at radius 2 is 1.67 bits per heavy atom. The third-order valence-electron chi connectivity index (χ3n) is 4.50. The Kier molecular flexibility index (Phi) is 6.65. The molecule has 0 aliphatic rings. The molecule has 1 atom stereocenters. The Bertz CT molecular complexity index is 903. The average Bonchev–Trinajstić information content (AvgIpc) is 2.56. The van der Waals surface area contributed by atoms with Crippen LogP contribution in [-0.4, -0.2) is 26.6 Å². The quantitative estimate of drug-likeness (QED) is 0.790. The molecule has 0 saturated heterocycles. The largest absolute Gasteiger partial charge is 0.350 e. The number of rotatable bonds is 7. The highest BCUT2D eigenvalue weighted by atomic mass is 32.2. The van der Waals surface area contributed by atoms with E-state index < -0.39 is 16.1 Å². The van der Waals surface area contributed by atoms with E-state index in [1.807, 2.05) is 58.0 Å². The van der Waals surface area contributed by atoms with Crippen LogP contribution in [-0.2, 0) is 21.4 Å². The SMILES string of the molecule is CC[C@H](C(=O)NCc1ccccc1C)N(c1cc(C)cc(C)c1)S(C)(=O)=O. The van der Waals surface area contributed by atoms with Crippen molar-refractivity contribution in [1.29, 1.82) is 0 Å². The van der Waals surface area contributed by atoms with Crippen LogP contribution in [0.1, 0.15) is 35.6 Å². The van der Waals surface area contributed by atoms with Crippen molar-refractivity contribution in [1.82, 2.24) is 5.32 Å². The summed E-state index contributed by atoms with van der Waals surface area (Å²) in [4.78, 5) is 12.9. The molecule has 0 radical (unpaired) electrons. The van der Waals surface area contributed by atoms with Crippen molar-refractivity contribution in [2.24, 2.45) is 0 Å². The van der Waals surface area contributed by atoms with Crippen LogP contribution in [0.15, 0.2) is 42.5 Å². The average molecular weight is 389 g/mol. The molecule has 2 rings (SSSR count). The Morgan fingerprint density at radius 1 is 1.07 bits per heavy atom. The summed E-state index contributed by atoms with van der Waals surface area (Å²) < 4.78 is 26.3. The molecule has 1 N–H and O–H groups in total. The van der Waals surface area contributed by atoms with Gasteiger partial charge in [0.1, 0.15) is 6.04 Å². The minimum absolute atomic E-state index is 0.301. The monoisotopic (exact) mass is 388 g/mol. The summed E-state index contributed by atoms with van der Waals surface area (Å²) in [7, 11) is -3.63. The number of carbonyl (C=O) groups is 1. The molecular formula is C21H28N2O3S. The third-order valence-corrected chi connectivity index (χ3v) is 5.68. The topological polar surface area (TPSA) is 66.5 Å². The van der Waals surface area contributed by atoms with Gasteiger partial charge in [0.05, 0.1) is 11.9 Å². The summed E-state index contributed by atoms with van der Waals surface area (Å²) in [5, 5.41) is 2.90. The fourth-order valence-corrected chi connectivity index (χ4v) is 4.44. The van der Waals surface area contributed by atoms with Gasteiger partial charge in [0.25, 0.3) is 0 Å². The van der Waals surface area contributed by atoms with Gasteiger partial charge in [0.2, 0.25) is 15.9 Å². The van der Waals surface area contributed by atoms with Crippen LogP contribution in [0.25, 0.3) is 0 Å². The van der Waals surface area contributed by atoms with Gasteiger partial charge < -0.3 is 5.32 Å². The number of anilines is 1. The first-order chi connectivity index (χ1) is 12.6. The van der Waals surface area contributed by atoms with Crippen LogP contribution in [0, 0.1) is 20.8 Å². The molecule has 0 aromatic heterocycles. The van der Waals surface area contributed by atoms with Crippen molar-refractivity contribution in [3.05, 3.63) is 64.7 Å². The molecule has 2 aromatic carbocycles. The standard InChI is InChI=1S/C21H28N2O3S/c1-6-20(21(24)22-14-18-10-8-7-9-17(18)4)23(27(5,25)26)19-12-15(2)11-16(3)13-19/h7-13,20H,6,14H2,1-5H3,(H,22,24)/t20-/m1/s1. The van der Waals surface area contributed by atoms with Gasteiger partial charge in [0, 0.05) is 6.54 Å². The molecule has 2 aromatic rings. The third kappa shape index (κ3) is 5.32. The summed E-state index contributed by atoms with van der Waals surface area (Å²) in [5.41, 5.74) is 4.52. The van der Waals surface area contributed by atoms with Crippen molar-refractivity contribution in [2.45, 2.75) is 46.7 Å². The van der Waals surface area contributed by atoms with E-state index >= 15 is 0 Å². The summed E-state index contributed by atoms with van der Waals surface area (Å²) in [5.74, 6) is -0.301. The van der Waals surface area contributed by atoms with E-state index in [2.05, 4.69) is 5.32 Å². The van der Waals surface area contributed by atoms with Gasteiger partial charge in [-0.25, -0.2) is 8.42 Å². The van der Waals surface area contributed by atoms with Gasteiger partial charge in [-0.1, -0.05) is 37.3 Å². The lowest BCUT2D eigenvalue weighted by Crippen LogP contribution is -2.49. The first-order valence-electron chi connectivity index (χ1n) is 9.03. The number of amides is 1. The van der Waals surface area contributed by atoms with Gasteiger partial charge in [0.15, 0.2) is 0 Å². The predicted octanol–water partition coefficient (Wildman–Crippen LogP) is 3.47. The van der Waals surface area contributed by atoms with E-state index in [4.69, 9.17) is 0 Å². The first kappa shape index (κ1) is 21.0. The highest BCUT2D eigenvalue weighted by molar-refractivity contribution is 7.92. The lowest BCUT2D eigenvalue weighted by atomic mass is 10.1. The zero-order chi connectivity index (χ0) is 20.2. The highest BCUT2D eigenvalue weighted by Crippen LogP contribution is 2.25. The van der Waals surface area contributed by atoms with Crippen molar-refractivity contribution < 1.29 is 13.2 Å². The molecular weight excluding hydrogens is 360 g/mol. The molecule has 0 heterocycles. The molecule has 1 amide bonds. The van der Waals surface area contributed by atoms with E-state index in [0.29, 0.717) is 18.7 Å². The molecule has 0 unspecified atom stereocenters. The van der Waals surface area contributed by atoms with Crippen molar-refractivity contribution in [3.8, 4) is 0 Å². The van der Waals surface area contributed by atoms with Crippen LogP contribution in [0.3, 0.4) is 0 Å². The number of nitrogens with zero attached hydrogens (tertiary/aromatic N) is 1. The second-order valence-electron chi connectivity index (χ2n) is 6.97. The fraction of sp³-hybridized carbons (Fsp3) is 0.381. The number of hydrogen-bond donors (Lipinski definition) is 1. The lowest BCUT2D eigenvalue weighted by molar-refractivity contribution is -0.122. The van der Waals surface area contributed by atoms with Crippen LogP contribution in [0.5, 0.6) is 0 Å². The van der Waals surface area contributed by atoms with Gasteiger partial charge in [-0.2, -0.15) is 0 Å². The highest BCUT2D eigenvalue weighted by Gasteiger charge is 2.31. The zero-order valence-electron chi connectivity index (χ0n) is 16.6. The summed E-state index contributed by atoms with van der Waals surface area (Å²) in [6, 6.07) is 12.6. The van der Waals surface area contributed by atoms with E-state index in [1.165, 1.54) is 4.31 Å². The molecule has 0 spiro atoms. The van der Waals surface area contributed by atoms with Crippen LogP contribution >= 0.6 is 0 Å². The maximum atomic E-state index is 12.9. The Hall–Kier alpha value is -2.34. The Labute approximate surface area is 162 Å². The number of aryl methyl sites for hydroxylation is 3. The van der Waals surface area contributed by atoms with Crippen molar-refractivity contribution >= 4 is 21.6 Å². The summed E-state index contributed by atoms with van der Waals surface area (Å²) in [6.45, 7) is 7.99. The van der Waals surface area contributed by atoms with E-state index in [0.717, 1.165) is 28.5 Å². The molecule has 146 valence electrons. The maximum Gasteiger partial charge on any atom is 0.244 e. The summed E-state index contributed by atoms with van der Waals surface area (Å²) in [6.07, 6.45) is 1.52. The van der Waals surface area contributed by atoms with Gasteiger partial charge in [-0.05, 0) is 61.6 Å². The molecule has 0 fully saturated rings. The number of nitrogens with one attached hydrogen (secondary N) is 1. The number of benzene rings is 2. The van der Waals surface area contributed by atoms with Gasteiger partial charge in [-0.3, -0.25) is 9.10 Å². The normalized spacial score (nSPS) is 12.5. The van der Waals surface area contributed by atoms with E-state index in [9.17, 15) is 13.2 Å². The number of hydrogen-bond acceptors (Lipinski definition) is 3. The summed E-state index contributed by atoms with van der Waals surface area (Å²) >= 11 is 0. The molecule has 0 bridgehead atoms. The second kappa shape index (κ2) is 8.57. The Morgan fingerprint density at radius 3 is 2.19 bits per heavy atom. The van der Waals surface area contributed by atoms with Gasteiger partial charge >= 0.3 is 0 Å². The molecule has 0 saturated carbocycles. The smallest absolute Gasteiger partial charge is 0.244 e. The van der Waals surface area contributed by atoms with Crippen LogP contribution in [0.2, 0.25) is 0 Å². The van der Waals surface area contributed by atoms with Crippen LogP contribution in [0.4, 0.5) is 5.69 Å². The molecule has 5 nitrogen and oxygen atoms in total. The van der Waals surface area contributed by atoms with E-state index in [1.54, 1.807) is 12.1 Å². The Balaban J connectivity index is 2.32. The van der Waals surface area contributed by atoms with Crippen molar-refractivity contribution in [2.75, 3.05) is 10.6 Å². The minimum atomic E-state index is -3.63.